The van der Waals surface area contributed by atoms with Gasteiger partial charge in [-0.3, -0.25) is 14.4 Å². The molecule has 0 aliphatic heterocycles. The first-order valence-corrected chi connectivity index (χ1v) is 21.9. The van der Waals surface area contributed by atoms with Crippen LogP contribution in [0.1, 0.15) is 226 Å². The lowest BCUT2D eigenvalue weighted by molar-refractivity contribution is -0.150. The molecule has 0 aliphatic rings. The minimum Gasteiger partial charge on any atom is -0.480 e. The molecule has 0 bridgehead atoms. The van der Waals surface area contributed by atoms with Crippen molar-refractivity contribution in [2.45, 2.75) is 238 Å². The molecule has 0 radical (unpaired) electrons. The van der Waals surface area contributed by atoms with Crippen LogP contribution in [0.5, 0.6) is 0 Å². The topological polar surface area (TPSA) is 142 Å². The average molecular weight is 739 g/mol. The van der Waals surface area contributed by atoms with Gasteiger partial charge in [-0.2, -0.15) is 0 Å². The smallest absolute Gasteiger partial charge is 0.328 e. The van der Waals surface area contributed by atoms with Gasteiger partial charge in [-0.15, -0.1) is 0 Å². The summed E-state index contributed by atoms with van der Waals surface area (Å²) in [5.74, 6) is -2.27. The molecular formula is C43H82N2O7. The Balaban J connectivity index is 4.27. The summed E-state index contributed by atoms with van der Waals surface area (Å²) in [6.07, 6.45) is 38.4. The number of hydrogen-bond acceptors (Lipinski definition) is 6. The molecule has 0 heterocycles. The van der Waals surface area contributed by atoms with Crippen molar-refractivity contribution in [2.75, 3.05) is 13.2 Å². The lowest BCUT2D eigenvalue weighted by Crippen LogP contribution is -2.47. The molecule has 2 unspecified atom stereocenters. The van der Waals surface area contributed by atoms with Crippen LogP contribution in [0.3, 0.4) is 0 Å². The van der Waals surface area contributed by atoms with Crippen LogP contribution in [0.25, 0.3) is 0 Å². The summed E-state index contributed by atoms with van der Waals surface area (Å²) in [5, 5.41) is 22.5. The summed E-state index contributed by atoms with van der Waals surface area (Å²) >= 11 is 0. The quantitative estimate of drug-likeness (QED) is 0.0362. The first-order valence-electron chi connectivity index (χ1n) is 21.9. The van der Waals surface area contributed by atoms with E-state index in [1.165, 1.54) is 135 Å². The van der Waals surface area contributed by atoms with Crippen molar-refractivity contribution in [3.05, 3.63) is 0 Å². The molecular weight excluding hydrogens is 656 g/mol. The van der Waals surface area contributed by atoms with Crippen LogP contribution < -0.4 is 10.6 Å². The van der Waals surface area contributed by atoms with E-state index in [4.69, 9.17) is 14.9 Å². The van der Waals surface area contributed by atoms with Crippen LogP contribution in [-0.2, 0) is 23.9 Å². The Hall–Kier alpha value is -2.16. The Morgan fingerprint density at radius 3 is 1.25 bits per heavy atom. The summed E-state index contributed by atoms with van der Waals surface area (Å²) in [6.45, 7) is 3.49. The number of aliphatic hydroxyl groups is 1. The molecule has 0 aromatic rings. The van der Waals surface area contributed by atoms with Crippen molar-refractivity contribution in [1.82, 2.24) is 10.6 Å². The molecule has 0 spiro atoms. The Morgan fingerprint density at radius 2 is 0.865 bits per heavy atom. The molecule has 2 atom stereocenters. The van der Waals surface area contributed by atoms with E-state index in [1.807, 2.05) is 0 Å². The highest BCUT2D eigenvalue weighted by Crippen LogP contribution is 2.19. The third kappa shape index (κ3) is 34.9. The van der Waals surface area contributed by atoms with Crippen LogP contribution in [-0.4, -0.2) is 59.3 Å². The highest BCUT2D eigenvalue weighted by atomic mass is 16.5. The van der Waals surface area contributed by atoms with Gasteiger partial charge in [0.15, 0.2) is 0 Å². The summed E-state index contributed by atoms with van der Waals surface area (Å²) in [5.41, 5.74) is 0. The molecule has 4 N–H and O–H groups in total. The molecule has 0 saturated heterocycles. The van der Waals surface area contributed by atoms with E-state index in [2.05, 4.69) is 24.5 Å². The number of carboxylic acid groups (broad SMARTS) is 1. The Morgan fingerprint density at radius 1 is 0.500 bits per heavy atom. The monoisotopic (exact) mass is 739 g/mol. The maximum Gasteiger partial charge on any atom is 0.328 e. The van der Waals surface area contributed by atoms with Crippen LogP contribution in [0.15, 0.2) is 0 Å². The summed E-state index contributed by atoms with van der Waals surface area (Å²) in [4.78, 5) is 47.5. The predicted octanol–water partition coefficient (Wildman–Crippen LogP) is 10.5. The van der Waals surface area contributed by atoms with E-state index in [9.17, 15) is 19.2 Å². The molecule has 9 nitrogen and oxygen atoms in total. The number of carboxylic acids is 1. The molecule has 0 aromatic carbocycles. The van der Waals surface area contributed by atoms with Gasteiger partial charge in [-0.05, 0) is 38.5 Å². The number of amides is 2. The van der Waals surface area contributed by atoms with Gasteiger partial charge >= 0.3 is 11.9 Å². The lowest BCUT2D eigenvalue weighted by Gasteiger charge is -2.18. The predicted molar refractivity (Wildman–Crippen MR) is 213 cm³/mol. The van der Waals surface area contributed by atoms with E-state index in [-0.39, 0.29) is 24.5 Å². The molecule has 0 aliphatic carbocycles. The molecule has 0 aromatic heterocycles. The maximum atomic E-state index is 12.7. The Kier molecular flexibility index (Phi) is 37.0. The van der Waals surface area contributed by atoms with E-state index in [1.54, 1.807) is 0 Å². The maximum absolute atomic E-state index is 12.7. The second-order valence-corrected chi connectivity index (χ2v) is 15.2. The van der Waals surface area contributed by atoms with Crippen LogP contribution in [0, 0.1) is 0 Å². The van der Waals surface area contributed by atoms with Gasteiger partial charge in [0.1, 0.15) is 12.1 Å². The van der Waals surface area contributed by atoms with Crippen molar-refractivity contribution in [3.8, 4) is 0 Å². The minimum atomic E-state index is -1.38. The molecule has 9 heteroatoms. The molecule has 2 amide bonds. The fraction of sp³-hybridized carbons (Fsp3) is 0.907. The van der Waals surface area contributed by atoms with Crippen molar-refractivity contribution >= 4 is 23.8 Å². The number of aliphatic hydroxyl groups excluding tert-OH is 1. The van der Waals surface area contributed by atoms with Gasteiger partial charge in [0, 0.05) is 12.8 Å². The third-order valence-electron chi connectivity index (χ3n) is 10.1. The number of esters is 1. The number of aliphatic carboxylic acids is 1. The zero-order valence-corrected chi connectivity index (χ0v) is 33.8. The van der Waals surface area contributed by atoms with Crippen molar-refractivity contribution in [2.24, 2.45) is 0 Å². The standard InChI is InChI=1S/C43H82N2O7/c1-3-5-7-9-11-13-15-16-17-18-19-21-24-28-32-38(52-42(49)35-31-27-22-20-14-12-10-8-6-4-2)33-29-25-23-26-30-34-40(47)44-36-41(48)45-39(37-46)43(50)51/h38-39,46H,3-37H2,1-2H3,(H,44,47)(H,45,48)(H,50,51). The van der Waals surface area contributed by atoms with E-state index < -0.39 is 24.5 Å². The van der Waals surface area contributed by atoms with Gasteiger partial charge in [-0.25, -0.2) is 4.79 Å². The Labute approximate surface area is 319 Å². The van der Waals surface area contributed by atoms with Crippen molar-refractivity contribution < 1.29 is 34.1 Å². The van der Waals surface area contributed by atoms with Gasteiger partial charge < -0.3 is 25.6 Å². The summed E-state index contributed by atoms with van der Waals surface area (Å²) < 4.78 is 6.03. The average Bonchev–Trinajstić information content (AvgIpc) is 3.13. The number of carbonyl (C=O) groups excluding carboxylic acids is 3. The van der Waals surface area contributed by atoms with Crippen LogP contribution in [0.2, 0.25) is 0 Å². The number of carbonyl (C=O) groups is 4. The normalized spacial score (nSPS) is 12.4. The number of hydrogen-bond donors (Lipinski definition) is 4. The van der Waals surface area contributed by atoms with Gasteiger partial charge in [-0.1, -0.05) is 174 Å². The summed E-state index contributed by atoms with van der Waals surface area (Å²) in [7, 11) is 0. The second-order valence-electron chi connectivity index (χ2n) is 15.2. The minimum absolute atomic E-state index is 0.00331. The molecule has 0 fully saturated rings. The number of rotatable bonds is 40. The van der Waals surface area contributed by atoms with E-state index in [0.29, 0.717) is 19.3 Å². The number of unbranched alkanes of at least 4 members (excludes halogenated alkanes) is 26. The summed E-state index contributed by atoms with van der Waals surface area (Å²) in [6, 6.07) is -1.38. The second kappa shape index (κ2) is 38.6. The zero-order valence-electron chi connectivity index (χ0n) is 33.8. The molecule has 0 saturated carbocycles. The Bertz CT molecular complexity index is 853. The lowest BCUT2D eigenvalue weighted by atomic mass is 10.0. The first-order chi connectivity index (χ1) is 25.3. The van der Waals surface area contributed by atoms with Crippen molar-refractivity contribution in [1.29, 1.82) is 0 Å². The van der Waals surface area contributed by atoms with Gasteiger partial charge in [0.25, 0.3) is 0 Å². The third-order valence-corrected chi connectivity index (χ3v) is 10.1. The number of nitrogens with one attached hydrogen (secondary N) is 2. The fourth-order valence-electron chi connectivity index (χ4n) is 6.72. The zero-order chi connectivity index (χ0) is 38.3. The first kappa shape index (κ1) is 49.8. The van der Waals surface area contributed by atoms with Crippen molar-refractivity contribution in [3.63, 3.8) is 0 Å². The molecule has 0 rings (SSSR count). The molecule has 52 heavy (non-hydrogen) atoms. The van der Waals surface area contributed by atoms with E-state index in [0.717, 1.165) is 57.8 Å². The highest BCUT2D eigenvalue weighted by Gasteiger charge is 2.19. The van der Waals surface area contributed by atoms with Crippen LogP contribution in [0.4, 0.5) is 0 Å². The fourth-order valence-corrected chi connectivity index (χ4v) is 6.72. The number of ether oxygens (including phenoxy) is 1. The highest BCUT2D eigenvalue weighted by molar-refractivity contribution is 5.87. The SMILES string of the molecule is CCCCCCCCCCCCCCCCC(CCCCCCCC(=O)NCC(=O)NC(CO)C(=O)O)OC(=O)CCCCCCCCCCCC. The molecule has 306 valence electrons. The largest absolute Gasteiger partial charge is 0.480 e. The van der Waals surface area contributed by atoms with Crippen LogP contribution >= 0.6 is 0 Å². The van der Waals surface area contributed by atoms with Gasteiger partial charge in [0.2, 0.25) is 11.8 Å². The van der Waals surface area contributed by atoms with E-state index >= 15 is 0 Å². The van der Waals surface area contributed by atoms with Gasteiger partial charge in [0.05, 0.1) is 13.2 Å².